The molecule has 0 amide bonds. The molecule has 0 aliphatic heterocycles. The first-order valence-electron chi connectivity index (χ1n) is 8.79. The highest BCUT2D eigenvalue weighted by Crippen LogP contribution is 2.23. The second-order valence-corrected chi connectivity index (χ2v) is 9.01. The minimum absolute atomic E-state index is 0.151. The van der Waals surface area contributed by atoms with Gasteiger partial charge in [-0.1, -0.05) is 43.7 Å². The third-order valence-corrected chi connectivity index (χ3v) is 6.25. The molecule has 27 heavy (non-hydrogen) atoms. The Morgan fingerprint density at radius 3 is 2.48 bits per heavy atom. The number of halogens is 1. The van der Waals surface area contributed by atoms with Crippen LogP contribution in [-0.2, 0) is 10.0 Å². The van der Waals surface area contributed by atoms with Gasteiger partial charge >= 0.3 is 0 Å². The van der Waals surface area contributed by atoms with Crippen LogP contribution >= 0.6 is 11.6 Å². The number of pyridine rings is 1. The van der Waals surface area contributed by atoms with E-state index in [9.17, 15) is 13.5 Å². The van der Waals surface area contributed by atoms with E-state index in [2.05, 4.69) is 4.98 Å². The zero-order valence-electron chi connectivity index (χ0n) is 15.5. The number of aliphatic hydroxyl groups excluding tert-OH is 1. The van der Waals surface area contributed by atoms with E-state index in [1.807, 2.05) is 32.1 Å². The molecule has 7 heteroatoms. The summed E-state index contributed by atoms with van der Waals surface area (Å²) in [5.41, 5.74) is 0.880. The smallest absolute Gasteiger partial charge is 0.243 e. The van der Waals surface area contributed by atoms with Gasteiger partial charge in [0.15, 0.2) is 0 Å². The Labute approximate surface area is 166 Å². The normalized spacial score (nSPS) is 13.6. The van der Waals surface area contributed by atoms with Crippen LogP contribution in [0.15, 0.2) is 59.8 Å². The minimum atomic E-state index is -3.78. The molecule has 146 valence electrons. The zero-order chi connectivity index (χ0) is 19.9. The van der Waals surface area contributed by atoms with E-state index in [4.69, 9.17) is 11.6 Å². The quantitative estimate of drug-likeness (QED) is 0.684. The van der Waals surface area contributed by atoms with Crippen LogP contribution in [0, 0.1) is 5.92 Å². The van der Waals surface area contributed by atoms with E-state index in [0.29, 0.717) is 11.4 Å². The van der Waals surface area contributed by atoms with Crippen molar-refractivity contribution >= 4 is 27.7 Å². The highest BCUT2D eigenvalue weighted by molar-refractivity contribution is 7.89. The van der Waals surface area contributed by atoms with Crippen molar-refractivity contribution in [3.63, 3.8) is 0 Å². The summed E-state index contributed by atoms with van der Waals surface area (Å²) in [6.07, 6.45) is 7.53. The molecule has 1 N–H and O–H groups in total. The fourth-order valence-electron chi connectivity index (χ4n) is 2.78. The molecule has 0 fully saturated rings. The molecular formula is C20H25ClN2O3S. The second-order valence-electron chi connectivity index (χ2n) is 6.68. The molecule has 0 saturated heterocycles. The molecule has 1 atom stereocenters. The minimum Gasteiger partial charge on any atom is -0.395 e. The van der Waals surface area contributed by atoms with Crippen LogP contribution in [0.5, 0.6) is 0 Å². The fourth-order valence-corrected chi connectivity index (χ4v) is 4.48. The zero-order valence-corrected chi connectivity index (χ0v) is 17.1. The number of aromatic nitrogens is 1. The summed E-state index contributed by atoms with van der Waals surface area (Å²) < 4.78 is 27.7. The molecule has 1 aromatic heterocycles. The van der Waals surface area contributed by atoms with Crippen LogP contribution in [0.25, 0.3) is 6.08 Å². The van der Waals surface area contributed by atoms with Crippen molar-refractivity contribution in [2.45, 2.75) is 31.2 Å². The van der Waals surface area contributed by atoms with E-state index in [-0.39, 0.29) is 24.0 Å². The second kappa shape index (κ2) is 9.99. The van der Waals surface area contributed by atoms with Crippen LogP contribution in [0.2, 0.25) is 5.02 Å². The predicted octanol–water partition coefficient (Wildman–Crippen LogP) is 3.85. The van der Waals surface area contributed by atoms with Gasteiger partial charge in [-0.05, 0) is 48.2 Å². The van der Waals surface area contributed by atoms with Gasteiger partial charge in [0.05, 0.1) is 11.5 Å². The maximum absolute atomic E-state index is 13.2. The third-order valence-electron chi connectivity index (χ3n) is 4.06. The SMILES string of the molecule is CC(C)C[C@H](CO)N(C/C=C/c1cccnc1)S(=O)(=O)c1ccc(Cl)cc1. The monoisotopic (exact) mass is 408 g/mol. The van der Waals surface area contributed by atoms with Gasteiger partial charge in [0.1, 0.15) is 0 Å². The number of nitrogens with zero attached hydrogens (tertiary/aromatic N) is 2. The molecular weight excluding hydrogens is 384 g/mol. The van der Waals surface area contributed by atoms with Gasteiger partial charge in [0.2, 0.25) is 10.0 Å². The molecule has 0 aliphatic rings. The Balaban J connectivity index is 2.33. The third kappa shape index (κ3) is 6.14. The Bertz CT molecular complexity index is 837. The first-order valence-corrected chi connectivity index (χ1v) is 10.6. The van der Waals surface area contributed by atoms with Crippen LogP contribution in [-0.4, -0.2) is 42.0 Å². The van der Waals surface area contributed by atoms with E-state index >= 15 is 0 Å². The molecule has 0 unspecified atom stereocenters. The van der Waals surface area contributed by atoms with E-state index in [1.165, 1.54) is 16.4 Å². The maximum Gasteiger partial charge on any atom is 0.243 e. The Hall–Kier alpha value is -1.73. The van der Waals surface area contributed by atoms with Crippen molar-refractivity contribution in [2.24, 2.45) is 5.92 Å². The first kappa shape index (κ1) is 21.6. The van der Waals surface area contributed by atoms with Crippen molar-refractivity contribution in [1.82, 2.24) is 9.29 Å². The van der Waals surface area contributed by atoms with Crippen LogP contribution in [0.1, 0.15) is 25.8 Å². The Morgan fingerprint density at radius 1 is 1.22 bits per heavy atom. The highest BCUT2D eigenvalue weighted by atomic mass is 35.5. The molecule has 0 radical (unpaired) electrons. The van der Waals surface area contributed by atoms with E-state index in [1.54, 1.807) is 30.6 Å². The molecule has 0 saturated carbocycles. The molecule has 2 aromatic rings. The lowest BCUT2D eigenvalue weighted by atomic mass is 10.0. The number of sulfonamides is 1. The molecule has 0 aliphatic carbocycles. The van der Waals surface area contributed by atoms with Crippen LogP contribution < -0.4 is 0 Å². The van der Waals surface area contributed by atoms with Crippen molar-refractivity contribution < 1.29 is 13.5 Å². The summed E-state index contributed by atoms with van der Waals surface area (Å²) in [5, 5.41) is 10.3. The molecule has 5 nitrogen and oxygen atoms in total. The average molecular weight is 409 g/mol. The summed E-state index contributed by atoms with van der Waals surface area (Å²) in [6.45, 7) is 3.91. The summed E-state index contributed by atoms with van der Waals surface area (Å²) in [5.74, 6) is 0.243. The van der Waals surface area contributed by atoms with Crippen molar-refractivity contribution in [2.75, 3.05) is 13.2 Å². The highest BCUT2D eigenvalue weighted by Gasteiger charge is 2.30. The molecule has 1 heterocycles. The molecule has 0 spiro atoms. The summed E-state index contributed by atoms with van der Waals surface area (Å²) in [4.78, 5) is 4.20. The van der Waals surface area contributed by atoms with Gasteiger partial charge in [-0.25, -0.2) is 8.42 Å². The van der Waals surface area contributed by atoms with Gasteiger partial charge in [-0.2, -0.15) is 4.31 Å². The van der Waals surface area contributed by atoms with Crippen molar-refractivity contribution in [1.29, 1.82) is 0 Å². The van der Waals surface area contributed by atoms with Crippen LogP contribution in [0.3, 0.4) is 0 Å². The average Bonchev–Trinajstić information content (AvgIpc) is 2.64. The van der Waals surface area contributed by atoms with Gasteiger partial charge in [-0.15, -0.1) is 0 Å². The first-order chi connectivity index (χ1) is 12.8. The Kier molecular flexibility index (Phi) is 7.98. The number of hydrogen-bond donors (Lipinski definition) is 1. The number of hydrogen-bond acceptors (Lipinski definition) is 4. The van der Waals surface area contributed by atoms with E-state index in [0.717, 1.165) is 5.56 Å². The number of aliphatic hydroxyl groups is 1. The maximum atomic E-state index is 13.2. The summed E-state index contributed by atoms with van der Waals surface area (Å²) in [6, 6.07) is 9.27. The lowest BCUT2D eigenvalue weighted by Crippen LogP contribution is -2.43. The standard InChI is InChI=1S/C20H25ClN2O3S/c1-16(2)13-19(15-24)23(12-4-6-17-5-3-11-22-14-17)27(25,26)20-9-7-18(21)8-10-20/h3-11,14,16,19,24H,12-13,15H2,1-2H3/b6-4+/t19-/m1/s1. The number of rotatable bonds is 9. The lowest BCUT2D eigenvalue weighted by Gasteiger charge is -2.30. The summed E-state index contributed by atoms with van der Waals surface area (Å²) >= 11 is 5.89. The molecule has 1 aromatic carbocycles. The van der Waals surface area contributed by atoms with Gasteiger partial charge < -0.3 is 5.11 Å². The molecule has 2 rings (SSSR count). The van der Waals surface area contributed by atoms with Crippen molar-refractivity contribution in [3.8, 4) is 0 Å². The lowest BCUT2D eigenvalue weighted by molar-refractivity contribution is 0.175. The largest absolute Gasteiger partial charge is 0.395 e. The van der Waals surface area contributed by atoms with Gasteiger partial charge in [0, 0.05) is 30.0 Å². The topological polar surface area (TPSA) is 70.5 Å². The van der Waals surface area contributed by atoms with Gasteiger partial charge in [-0.3, -0.25) is 4.98 Å². The van der Waals surface area contributed by atoms with Gasteiger partial charge in [0.25, 0.3) is 0 Å². The Morgan fingerprint density at radius 2 is 1.93 bits per heavy atom. The van der Waals surface area contributed by atoms with Crippen LogP contribution in [0.4, 0.5) is 0 Å². The van der Waals surface area contributed by atoms with E-state index < -0.39 is 16.1 Å². The predicted molar refractivity (Wildman–Crippen MR) is 109 cm³/mol. The number of benzene rings is 1. The van der Waals surface area contributed by atoms with Crippen molar-refractivity contribution in [3.05, 3.63) is 65.5 Å². The molecule has 0 bridgehead atoms. The fraction of sp³-hybridized carbons (Fsp3) is 0.350. The summed E-state index contributed by atoms with van der Waals surface area (Å²) in [7, 11) is -3.78.